The zero-order valence-electron chi connectivity index (χ0n) is 10.5. The minimum atomic E-state index is 0.407. The van der Waals surface area contributed by atoms with Crippen LogP contribution in [0.4, 0.5) is 5.95 Å². The van der Waals surface area contributed by atoms with Gasteiger partial charge in [-0.1, -0.05) is 6.07 Å². The zero-order chi connectivity index (χ0) is 12.3. The number of aryl methyl sites for hydroxylation is 1. The van der Waals surface area contributed by atoms with Crippen molar-refractivity contribution < 1.29 is 0 Å². The number of pyridine rings is 1. The number of nitrogens with zero attached hydrogens (tertiary/aromatic N) is 3. The number of rotatable bonds is 4. The number of imidazole rings is 1. The van der Waals surface area contributed by atoms with Crippen LogP contribution in [0, 0.1) is 6.92 Å². The van der Waals surface area contributed by atoms with E-state index in [-0.39, 0.29) is 0 Å². The molecule has 2 rings (SSSR count). The molecule has 0 atom stereocenters. The van der Waals surface area contributed by atoms with Crippen molar-refractivity contribution in [3.05, 3.63) is 42.0 Å². The molecule has 17 heavy (non-hydrogen) atoms. The number of anilines is 1. The maximum Gasteiger partial charge on any atom is 0.203 e. The van der Waals surface area contributed by atoms with E-state index in [4.69, 9.17) is 0 Å². The Bertz CT molecular complexity index is 488. The molecule has 1 N–H and O–H groups in total. The summed E-state index contributed by atoms with van der Waals surface area (Å²) >= 11 is 0. The van der Waals surface area contributed by atoms with Crippen molar-refractivity contribution in [3.8, 4) is 0 Å². The first kappa shape index (κ1) is 11.6. The second-order valence-electron chi connectivity index (χ2n) is 4.37. The Morgan fingerprint density at radius 2 is 2.12 bits per heavy atom. The lowest BCUT2D eigenvalue weighted by Gasteiger charge is -2.13. The summed E-state index contributed by atoms with van der Waals surface area (Å²) in [5, 5.41) is 3.32. The van der Waals surface area contributed by atoms with E-state index in [1.54, 1.807) is 0 Å². The minimum absolute atomic E-state index is 0.407. The predicted molar refractivity (Wildman–Crippen MR) is 68.9 cm³/mol. The molecule has 90 valence electrons. The summed E-state index contributed by atoms with van der Waals surface area (Å²) in [6.07, 6.45) is 5.62. The van der Waals surface area contributed by atoms with Crippen molar-refractivity contribution in [1.29, 1.82) is 0 Å². The van der Waals surface area contributed by atoms with Gasteiger partial charge in [0.25, 0.3) is 0 Å². The molecule has 0 unspecified atom stereocenters. The van der Waals surface area contributed by atoms with Crippen molar-refractivity contribution >= 4 is 5.95 Å². The molecular formula is C13H18N4. The maximum absolute atomic E-state index is 4.35. The molecule has 0 aliphatic heterocycles. The fourth-order valence-corrected chi connectivity index (χ4v) is 1.73. The van der Waals surface area contributed by atoms with Crippen LogP contribution in [0.15, 0.2) is 30.7 Å². The van der Waals surface area contributed by atoms with Gasteiger partial charge in [-0.15, -0.1) is 0 Å². The first-order valence-corrected chi connectivity index (χ1v) is 5.85. The Morgan fingerprint density at radius 1 is 1.29 bits per heavy atom. The molecule has 0 aliphatic rings. The summed E-state index contributed by atoms with van der Waals surface area (Å²) < 4.78 is 2.11. The lowest BCUT2D eigenvalue weighted by molar-refractivity contribution is 0.604. The topological polar surface area (TPSA) is 42.7 Å². The van der Waals surface area contributed by atoms with E-state index in [2.05, 4.69) is 46.7 Å². The van der Waals surface area contributed by atoms with Gasteiger partial charge in [-0.2, -0.15) is 0 Å². The Hall–Kier alpha value is -1.84. The molecule has 0 saturated heterocycles. The predicted octanol–water partition coefficient (Wildman–Crippen LogP) is 2.78. The average molecular weight is 230 g/mol. The van der Waals surface area contributed by atoms with Crippen molar-refractivity contribution in [2.75, 3.05) is 5.32 Å². The molecule has 2 aromatic rings. The van der Waals surface area contributed by atoms with Crippen LogP contribution in [0.5, 0.6) is 0 Å². The quantitative estimate of drug-likeness (QED) is 0.878. The summed E-state index contributed by atoms with van der Waals surface area (Å²) in [6, 6.07) is 4.43. The van der Waals surface area contributed by atoms with Gasteiger partial charge >= 0.3 is 0 Å². The molecule has 2 aromatic heterocycles. The fraction of sp³-hybridized carbons (Fsp3) is 0.385. The summed E-state index contributed by atoms with van der Waals surface area (Å²) in [7, 11) is 0. The van der Waals surface area contributed by atoms with Crippen LogP contribution < -0.4 is 5.32 Å². The van der Waals surface area contributed by atoms with Crippen LogP contribution in [-0.2, 0) is 6.54 Å². The lowest BCUT2D eigenvalue weighted by Crippen LogP contribution is -2.10. The van der Waals surface area contributed by atoms with Crippen molar-refractivity contribution in [2.45, 2.75) is 33.4 Å². The minimum Gasteiger partial charge on any atom is -0.350 e. The fourth-order valence-electron chi connectivity index (χ4n) is 1.73. The molecule has 4 nitrogen and oxygen atoms in total. The number of hydrogen-bond acceptors (Lipinski definition) is 3. The highest BCUT2D eigenvalue weighted by atomic mass is 15.2. The molecular weight excluding hydrogens is 212 g/mol. The van der Waals surface area contributed by atoms with Gasteiger partial charge in [0.15, 0.2) is 0 Å². The molecule has 0 amide bonds. The molecule has 2 heterocycles. The van der Waals surface area contributed by atoms with E-state index in [0.717, 1.165) is 11.6 Å². The molecule has 0 radical (unpaired) electrons. The second kappa shape index (κ2) is 4.99. The molecule has 0 bridgehead atoms. The Morgan fingerprint density at radius 3 is 2.82 bits per heavy atom. The number of aromatic nitrogens is 3. The monoisotopic (exact) mass is 230 g/mol. The van der Waals surface area contributed by atoms with Crippen LogP contribution >= 0.6 is 0 Å². The van der Waals surface area contributed by atoms with Crippen LogP contribution in [0.1, 0.15) is 31.1 Å². The summed E-state index contributed by atoms with van der Waals surface area (Å²) in [5.74, 6) is 0.894. The first-order valence-electron chi connectivity index (χ1n) is 5.85. The third-order valence-electron chi connectivity index (χ3n) is 2.76. The molecule has 0 saturated carbocycles. The van der Waals surface area contributed by atoms with E-state index in [1.807, 2.05) is 24.7 Å². The number of hydrogen-bond donors (Lipinski definition) is 1. The Labute approximate surface area is 102 Å². The summed E-state index contributed by atoms with van der Waals surface area (Å²) in [5.41, 5.74) is 2.26. The van der Waals surface area contributed by atoms with Crippen molar-refractivity contribution in [2.24, 2.45) is 0 Å². The molecule has 0 fully saturated rings. The van der Waals surface area contributed by atoms with Crippen LogP contribution in [0.3, 0.4) is 0 Å². The second-order valence-corrected chi connectivity index (χ2v) is 4.37. The highest BCUT2D eigenvalue weighted by Crippen LogP contribution is 2.13. The summed E-state index contributed by atoms with van der Waals surface area (Å²) in [4.78, 5) is 8.66. The van der Waals surface area contributed by atoms with E-state index >= 15 is 0 Å². The molecule has 0 aliphatic carbocycles. The standard InChI is InChI=1S/C13H18N4/c1-10(2)17-8-7-15-13(17)16-9-12-11(3)5-4-6-14-12/h4-8,10H,9H2,1-3H3,(H,15,16). The highest BCUT2D eigenvalue weighted by molar-refractivity contribution is 5.29. The van der Waals surface area contributed by atoms with E-state index in [1.165, 1.54) is 5.56 Å². The smallest absolute Gasteiger partial charge is 0.203 e. The third kappa shape index (κ3) is 2.64. The van der Waals surface area contributed by atoms with E-state index in [9.17, 15) is 0 Å². The van der Waals surface area contributed by atoms with Gasteiger partial charge in [0.2, 0.25) is 5.95 Å². The average Bonchev–Trinajstić information content (AvgIpc) is 2.76. The van der Waals surface area contributed by atoms with Crippen LogP contribution in [-0.4, -0.2) is 14.5 Å². The molecule has 0 spiro atoms. The largest absolute Gasteiger partial charge is 0.350 e. The Kier molecular flexibility index (Phi) is 3.42. The van der Waals surface area contributed by atoms with Gasteiger partial charge in [0.05, 0.1) is 12.2 Å². The van der Waals surface area contributed by atoms with E-state index < -0.39 is 0 Å². The summed E-state index contributed by atoms with van der Waals surface area (Å²) in [6.45, 7) is 7.05. The van der Waals surface area contributed by atoms with Gasteiger partial charge in [0.1, 0.15) is 0 Å². The molecule has 4 heteroatoms. The zero-order valence-corrected chi connectivity index (χ0v) is 10.5. The molecule has 0 aromatic carbocycles. The van der Waals surface area contributed by atoms with Gasteiger partial charge in [0, 0.05) is 24.6 Å². The third-order valence-corrected chi connectivity index (χ3v) is 2.76. The van der Waals surface area contributed by atoms with Gasteiger partial charge in [-0.25, -0.2) is 4.98 Å². The van der Waals surface area contributed by atoms with E-state index in [0.29, 0.717) is 12.6 Å². The normalized spacial score (nSPS) is 10.8. The lowest BCUT2D eigenvalue weighted by atomic mass is 10.2. The van der Waals surface area contributed by atoms with Gasteiger partial charge in [-0.05, 0) is 32.4 Å². The van der Waals surface area contributed by atoms with Crippen LogP contribution in [0.2, 0.25) is 0 Å². The highest BCUT2D eigenvalue weighted by Gasteiger charge is 2.06. The first-order chi connectivity index (χ1) is 8.18. The van der Waals surface area contributed by atoms with Crippen LogP contribution in [0.25, 0.3) is 0 Å². The van der Waals surface area contributed by atoms with Gasteiger partial charge < -0.3 is 9.88 Å². The number of nitrogens with one attached hydrogen (secondary N) is 1. The maximum atomic E-state index is 4.35. The van der Waals surface area contributed by atoms with Crippen molar-refractivity contribution in [3.63, 3.8) is 0 Å². The van der Waals surface area contributed by atoms with Gasteiger partial charge in [-0.3, -0.25) is 4.98 Å². The SMILES string of the molecule is Cc1cccnc1CNc1nccn1C(C)C. The Balaban J connectivity index is 2.08. The van der Waals surface area contributed by atoms with Crippen molar-refractivity contribution in [1.82, 2.24) is 14.5 Å².